The van der Waals surface area contributed by atoms with Crippen LogP contribution in [0.15, 0.2) is 47.6 Å². The molecule has 0 unspecified atom stereocenters. The molecule has 23 heavy (non-hydrogen) atoms. The van der Waals surface area contributed by atoms with Crippen molar-refractivity contribution in [3.8, 4) is 17.6 Å². The van der Waals surface area contributed by atoms with Gasteiger partial charge >= 0.3 is 0 Å². The molecule has 5 nitrogen and oxygen atoms in total. The van der Waals surface area contributed by atoms with E-state index in [0.717, 1.165) is 11.1 Å². The van der Waals surface area contributed by atoms with Crippen LogP contribution in [0.3, 0.4) is 0 Å². The van der Waals surface area contributed by atoms with Gasteiger partial charge in [0.1, 0.15) is 6.61 Å². The van der Waals surface area contributed by atoms with E-state index in [4.69, 9.17) is 19.6 Å². The van der Waals surface area contributed by atoms with Crippen molar-refractivity contribution >= 4 is 6.21 Å². The van der Waals surface area contributed by atoms with Crippen LogP contribution in [0, 0.1) is 11.3 Å². The SMILES string of the molecule is CCOc1ccc(C=NOCc2ccc(C#N)cc2)cc1OC. The Morgan fingerprint density at radius 3 is 2.57 bits per heavy atom. The molecule has 0 amide bonds. The number of ether oxygens (including phenoxy) is 2. The molecule has 2 aromatic carbocycles. The van der Waals surface area contributed by atoms with Gasteiger partial charge in [0.2, 0.25) is 0 Å². The maximum Gasteiger partial charge on any atom is 0.161 e. The second kappa shape index (κ2) is 8.44. The fraction of sp³-hybridized carbons (Fsp3) is 0.222. The molecule has 2 rings (SSSR count). The maximum absolute atomic E-state index is 8.74. The van der Waals surface area contributed by atoms with Crippen molar-refractivity contribution in [1.29, 1.82) is 5.26 Å². The molecule has 0 saturated carbocycles. The van der Waals surface area contributed by atoms with Gasteiger partial charge in [-0.25, -0.2) is 0 Å². The van der Waals surface area contributed by atoms with E-state index >= 15 is 0 Å². The number of benzene rings is 2. The number of nitriles is 1. The van der Waals surface area contributed by atoms with Gasteiger partial charge in [-0.05, 0) is 42.8 Å². The molecule has 118 valence electrons. The number of hydrogen-bond donors (Lipinski definition) is 0. The maximum atomic E-state index is 8.74. The summed E-state index contributed by atoms with van der Waals surface area (Å²) in [5.74, 6) is 1.36. The second-order valence-electron chi connectivity index (χ2n) is 4.66. The predicted molar refractivity (Wildman–Crippen MR) is 87.7 cm³/mol. The van der Waals surface area contributed by atoms with Crippen LogP contribution in [0.25, 0.3) is 0 Å². The summed E-state index contributed by atoms with van der Waals surface area (Å²) >= 11 is 0. The average Bonchev–Trinajstić information content (AvgIpc) is 2.60. The molecule has 0 aromatic heterocycles. The van der Waals surface area contributed by atoms with Gasteiger partial charge in [-0.2, -0.15) is 5.26 Å². The fourth-order valence-corrected chi connectivity index (χ4v) is 1.92. The highest BCUT2D eigenvalue weighted by Gasteiger charge is 2.04. The van der Waals surface area contributed by atoms with E-state index in [1.54, 1.807) is 25.5 Å². The molecule has 0 aliphatic heterocycles. The fourth-order valence-electron chi connectivity index (χ4n) is 1.92. The van der Waals surface area contributed by atoms with Crippen LogP contribution in [-0.4, -0.2) is 19.9 Å². The van der Waals surface area contributed by atoms with E-state index < -0.39 is 0 Å². The largest absolute Gasteiger partial charge is 0.493 e. The lowest BCUT2D eigenvalue weighted by Gasteiger charge is -2.09. The molecule has 0 saturated heterocycles. The Bertz CT molecular complexity index is 703. The third-order valence-corrected chi connectivity index (χ3v) is 3.08. The summed E-state index contributed by atoms with van der Waals surface area (Å²) in [6.07, 6.45) is 1.61. The minimum atomic E-state index is 0.344. The number of methoxy groups -OCH3 is 1. The first-order valence-corrected chi connectivity index (χ1v) is 7.22. The third kappa shape index (κ3) is 4.75. The normalized spacial score (nSPS) is 10.3. The van der Waals surface area contributed by atoms with Crippen molar-refractivity contribution in [2.45, 2.75) is 13.5 Å². The zero-order valence-corrected chi connectivity index (χ0v) is 13.2. The number of hydrogen-bond acceptors (Lipinski definition) is 5. The third-order valence-electron chi connectivity index (χ3n) is 3.08. The molecule has 0 atom stereocenters. The van der Waals surface area contributed by atoms with Crippen LogP contribution in [0.1, 0.15) is 23.6 Å². The molecule has 0 aliphatic rings. The lowest BCUT2D eigenvalue weighted by atomic mass is 10.2. The zero-order chi connectivity index (χ0) is 16.5. The number of oxime groups is 1. The molecule has 0 radical (unpaired) electrons. The van der Waals surface area contributed by atoms with Crippen LogP contribution >= 0.6 is 0 Å². The van der Waals surface area contributed by atoms with Gasteiger partial charge in [-0.1, -0.05) is 17.3 Å². The first-order chi connectivity index (χ1) is 11.3. The molecule has 2 aromatic rings. The highest BCUT2D eigenvalue weighted by molar-refractivity contribution is 5.80. The van der Waals surface area contributed by atoms with Gasteiger partial charge in [-0.3, -0.25) is 0 Å². The average molecular weight is 310 g/mol. The first-order valence-electron chi connectivity index (χ1n) is 7.22. The predicted octanol–water partition coefficient (Wildman–Crippen LogP) is 3.52. The standard InChI is InChI=1S/C18H18N2O3/c1-3-22-17-9-8-16(10-18(17)21-2)12-20-23-13-15-6-4-14(11-19)5-7-15/h4-10,12H,3,13H2,1-2H3. The van der Waals surface area contributed by atoms with Crippen molar-refractivity contribution in [2.75, 3.05) is 13.7 Å². The summed E-state index contributed by atoms with van der Waals surface area (Å²) in [6, 6.07) is 14.8. The van der Waals surface area contributed by atoms with Crippen molar-refractivity contribution in [3.05, 3.63) is 59.2 Å². The Kier molecular flexibility index (Phi) is 6.01. The highest BCUT2D eigenvalue weighted by atomic mass is 16.6. The van der Waals surface area contributed by atoms with Crippen LogP contribution in [-0.2, 0) is 11.4 Å². The number of nitrogens with zero attached hydrogens (tertiary/aromatic N) is 2. The zero-order valence-electron chi connectivity index (χ0n) is 13.2. The number of rotatable bonds is 7. The smallest absolute Gasteiger partial charge is 0.161 e. The summed E-state index contributed by atoms with van der Waals surface area (Å²) < 4.78 is 10.7. The molecular formula is C18H18N2O3. The van der Waals surface area contributed by atoms with Gasteiger partial charge in [0, 0.05) is 5.56 Å². The summed E-state index contributed by atoms with van der Waals surface area (Å²) in [4.78, 5) is 5.26. The Labute approximate surface area is 135 Å². The summed E-state index contributed by atoms with van der Waals surface area (Å²) in [7, 11) is 1.60. The minimum absolute atomic E-state index is 0.344. The topological polar surface area (TPSA) is 63.8 Å². The van der Waals surface area contributed by atoms with E-state index in [0.29, 0.717) is 30.3 Å². The van der Waals surface area contributed by atoms with E-state index in [2.05, 4.69) is 11.2 Å². The summed E-state index contributed by atoms with van der Waals surface area (Å²) in [5.41, 5.74) is 2.43. The van der Waals surface area contributed by atoms with Crippen LogP contribution in [0.2, 0.25) is 0 Å². The Balaban J connectivity index is 1.93. The van der Waals surface area contributed by atoms with Gasteiger partial charge in [0.05, 0.1) is 31.6 Å². The lowest BCUT2D eigenvalue weighted by Crippen LogP contribution is -1.96. The molecule has 0 fully saturated rings. The Hall–Kier alpha value is -3.00. The van der Waals surface area contributed by atoms with Gasteiger partial charge in [0.15, 0.2) is 11.5 Å². The molecule has 5 heteroatoms. The minimum Gasteiger partial charge on any atom is -0.493 e. The van der Waals surface area contributed by atoms with Crippen molar-refractivity contribution in [3.63, 3.8) is 0 Å². The van der Waals surface area contributed by atoms with Gasteiger partial charge in [0.25, 0.3) is 0 Å². The molecule has 0 spiro atoms. The Morgan fingerprint density at radius 2 is 1.91 bits per heavy atom. The first kappa shape index (κ1) is 16.4. The van der Waals surface area contributed by atoms with E-state index in [1.165, 1.54) is 0 Å². The van der Waals surface area contributed by atoms with Crippen molar-refractivity contribution in [2.24, 2.45) is 5.16 Å². The Morgan fingerprint density at radius 1 is 1.13 bits per heavy atom. The van der Waals surface area contributed by atoms with E-state index in [1.807, 2.05) is 37.3 Å². The molecule has 0 N–H and O–H groups in total. The molecular weight excluding hydrogens is 292 g/mol. The van der Waals surface area contributed by atoms with E-state index in [9.17, 15) is 0 Å². The second-order valence-corrected chi connectivity index (χ2v) is 4.66. The monoisotopic (exact) mass is 310 g/mol. The quantitative estimate of drug-likeness (QED) is 0.580. The van der Waals surface area contributed by atoms with Gasteiger partial charge in [-0.15, -0.1) is 0 Å². The van der Waals surface area contributed by atoms with E-state index in [-0.39, 0.29) is 0 Å². The van der Waals surface area contributed by atoms with Crippen LogP contribution < -0.4 is 9.47 Å². The van der Waals surface area contributed by atoms with Crippen molar-refractivity contribution < 1.29 is 14.3 Å². The molecule has 0 aliphatic carbocycles. The lowest BCUT2D eigenvalue weighted by molar-refractivity contribution is 0.132. The summed E-state index contributed by atoms with van der Waals surface area (Å²) in [5, 5.41) is 12.7. The van der Waals surface area contributed by atoms with Crippen LogP contribution in [0.5, 0.6) is 11.5 Å². The van der Waals surface area contributed by atoms with Crippen molar-refractivity contribution in [1.82, 2.24) is 0 Å². The van der Waals surface area contributed by atoms with Crippen LogP contribution in [0.4, 0.5) is 0 Å². The molecule has 0 heterocycles. The summed E-state index contributed by atoms with van der Waals surface area (Å²) in [6.45, 7) is 2.85. The van der Waals surface area contributed by atoms with Gasteiger partial charge < -0.3 is 14.3 Å². The highest BCUT2D eigenvalue weighted by Crippen LogP contribution is 2.27. The molecule has 0 bridgehead atoms.